The second-order valence-electron chi connectivity index (χ2n) is 6.03. The maximum absolute atomic E-state index is 9.77. The van der Waals surface area contributed by atoms with Gasteiger partial charge in [0.15, 0.2) is 0 Å². The van der Waals surface area contributed by atoms with Crippen molar-refractivity contribution in [3.05, 3.63) is 89.5 Å². The van der Waals surface area contributed by atoms with Gasteiger partial charge in [0.1, 0.15) is 0 Å². The van der Waals surface area contributed by atoms with E-state index in [9.17, 15) is 5.02 Å². The Kier molecular flexibility index (Phi) is 2.95. The molecule has 0 aromatic heterocycles. The minimum Gasteiger partial charge on any atom is -0.449 e. The van der Waals surface area contributed by atoms with Crippen LogP contribution in [0.3, 0.4) is 0 Å². The van der Waals surface area contributed by atoms with Crippen molar-refractivity contribution in [2.75, 3.05) is 0 Å². The number of rotatable bonds is 2. The minimum absolute atomic E-state index is 0.0718. The Labute approximate surface area is 131 Å². The van der Waals surface area contributed by atoms with Crippen molar-refractivity contribution in [1.82, 2.24) is 0 Å². The van der Waals surface area contributed by atoms with E-state index in [1.54, 1.807) is 0 Å². The van der Waals surface area contributed by atoms with Crippen molar-refractivity contribution >= 4 is 12.9 Å². The molecule has 1 atom stereocenters. The Balaban J connectivity index is 2.11. The fourth-order valence-electron chi connectivity index (χ4n) is 3.83. The van der Waals surface area contributed by atoms with Crippen molar-refractivity contribution in [3.8, 4) is 11.1 Å². The van der Waals surface area contributed by atoms with Gasteiger partial charge in [0.25, 0.3) is 0 Å². The average molecular weight is 284 g/mol. The maximum Gasteiger partial charge on any atom is 0.305 e. The van der Waals surface area contributed by atoms with E-state index in [4.69, 9.17) is 0 Å². The van der Waals surface area contributed by atoms with Gasteiger partial charge in [0.05, 0.1) is 0 Å². The molecule has 106 valence electrons. The number of hydrogen-bond acceptors (Lipinski definition) is 1. The molecule has 4 rings (SSSR count). The highest BCUT2D eigenvalue weighted by Gasteiger charge is 2.41. The summed E-state index contributed by atoms with van der Waals surface area (Å²) in [4.78, 5) is 0. The van der Waals surface area contributed by atoms with Crippen LogP contribution in [0, 0.1) is 0 Å². The number of benzene rings is 3. The van der Waals surface area contributed by atoms with Crippen LogP contribution in [0.2, 0.25) is 0 Å². The largest absolute Gasteiger partial charge is 0.449 e. The lowest BCUT2D eigenvalue weighted by Crippen LogP contribution is -2.24. The molecule has 0 amide bonds. The molecule has 1 aliphatic carbocycles. The summed E-state index contributed by atoms with van der Waals surface area (Å²) in [5, 5.41) is 9.77. The first kappa shape index (κ1) is 13.4. The highest BCUT2D eigenvalue weighted by atomic mass is 16.2. The SMILES string of the molecule is CC1(c2ccccc2)c2ccccc2-c2c(BO)cccc21. The van der Waals surface area contributed by atoms with Crippen molar-refractivity contribution in [2.45, 2.75) is 12.3 Å². The fourth-order valence-corrected chi connectivity index (χ4v) is 3.83. The summed E-state index contributed by atoms with van der Waals surface area (Å²) in [7, 11) is 0.0718. The quantitative estimate of drug-likeness (QED) is 0.717. The summed E-state index contributed by atoms with van der Waals surface area (Å²) in [6.07, 6.45) is 0. The summed E-state index contributed by atoms with van der Waals surface area (Å²) in [5.74, 6) is 0. The Hall–Kier alpha value is -2.32. The molecular formula is C20H17BO. The van der Waals surface area contributed by atoms with Gasteiger partial charge < -0.3 is 5.02 Å². The van der Waals surface area contributed by atoms with E-state index < -0.39 is 0 Å². The van der Waals surface area contributed by atoms with Crippen molar-refractivity contribution in [1.29, 1.82) is 0 Å². The minimum atomic E-state index is -0.168. The zero-order valence-electron chi connectivity index (χ0n) is 12.6. The van der Waals surface area contributed by atoms with Gasteiger partial charge in [0.2, 0.25) is 0 Å². The van der Waals surface area contributed by atoms with Crippen LogP contribution in [0.25, 0.3) is 11.1 Å². The Morgan fingerprint density at radius 1 is 0.773 bits per heavy atom. The summed E-state index contributed by atoms with van der Waals surface area (Å²) in [5.41, 5.74) is 7.17. The van der Waals surface area contributed by atoms with E-state index >= 15 is 0 Å². The van der Waals surface area contributed by atoms with Crippen LogP contribution in [-0.4, -0.2) is 12.5 Å². The van der Waals surface area contributed by atoms with E-state index in [0.717, 1.165) is 5.46 Å². The third-order valence-corrected chi connectivity index (χ3v) is 4.95. The standard InChI is InChI=1S/C20H17BO/c1-20(14-8-3-2-4-9-14)16-11-6-5-10-15(16)19-17(20)12-7-13-18(19)21-22/h2-13,21-22H,1H3. The molecule has 0 spiro atoms. The van der Waals surface area contributed by atoms with Gasteiger partial charge in [-0.25, -0.2) is 0 Å². The monoisotopic (exact) mass is 284 g/mol. The summed E-state index contributed by atoms with van der Waals surface area (Å²) >= 11 is 0. The first-order valence-electron chi connectivity index (χ1n) is 7.65. The maximum atomic E-state index is 9.77. The molecule has 0 radical (unpaired) electrons. The van der Waals surface area contributed by atoms with Gasteiger partial charge in [0, 0.05) is 5.41 Å². The van der Waals surface area contributed by atoms with Crippen LogP contribution in [-0.2, 0) is 5.41 Å². The number of fused-ring (bicyclic) bond motifs is 3. The third-order valence-electron chi connectivity index (χ3n) is 4.95. The van der Waals surface area contributed by atoms with Crippen LogP contribution >= 0.6 is 0 Å². The van der Waals surface area contributed by atoms with E-state index in [2.05, 4.69) is 73.7 Å². The van der Waals surface area contributed by atoms with Gasteiger partial charge >= 0.3 is 7.48 Å². The first-order chi connectivity index (χ1) is 10.8. The lowest BCUT2D eigenvalue weighted by Gasteiger charge is -2.28. The van der Waals surface area contributed by atoms with Crippen LogP contribution in [0.1, 0.15) is 23.6 Å². The van der Waals surface area contributed by atoms with E-state index in [0.29, 0.717) is 0 Å². The molecule has 0 fully saturated rings. The second kappa shape index (κ2) is 4.86. The summed E-state index contributed by atoms with van der Waals surface area (Å²) < 4.78 is 0. The van der Waals surface area contributed by atoms with Gasteiger partial charge in [-0.15, -0.1) is 0 Å². The van der Waals surface area contributed by atoms with Crippen LogP contribution < -0.4 is 5.46 Å². The predicted octanol–water partition coefficient (Wildman–Crippen LogP) is 2.99. The second-order valence-corrected chi connectivity index (χ2v) is 6.03. The Morgan fingerprint density at radius 3 is 2.23 bits per heavy atom. The summed E-state index contributed by atoms with van der Waals surface area (Å²) in [6, 6.07) is 25.5. The molecule has 1 N–H and O–H groups in total. The van der Waals surface area contributed by atoms with E-state index in [1.807, 2.05) is 6.07 Å². The Morgan fingerprint density at radius 2 is 1.45 bits per heavy atom. The molecule has 0 bridgehead atoms. The molecule has 0 saturated carbocycles. The van der Waals surface area contributed by atoms with Crippen LogP contribution in [0.15, 0.2) is 72.8 Å². The smallest absolute Gasteiger partial charge is 0.305 e. The van der Waals surface area contributed by atoms with Gasteiger partial charge in [-0.3, -0.25) is 0 Å². The molecule has 1 unspecified atom stereocenters. The van der Waals surface area contributed by atoms with E-state index in [1.165, 1.54) is 27.8 Å². The molecule has 2 heteroatoms. The van der Waals surface area contributed by atoms with E-state index in [-0.39, 0.29) is 12.9 Å². The third kappa shape index (κ3) is 1.65. The fraction of sp³-hybridized carbons (Fsp3) is 0.100. The number of hydrogen-bond donors (Lipinski definition) is 1. The molecule has 0 saturated heterocycles. The lowest BCUT2D eigenvalue weighted by atomic mass is 9.73. The molecule has 1 nitrogen and oxygen atoms in total. The zero-order valence-corrected chi connectivity index (χ0v) is 12.6. The van der Waals surface area contributed by atoms with Crippen molar-refractivity contribution < 1.29 is 5.02 Å². The Bertz CT molecular complexity index is 841. The highest BCUT2D eigenvalue weighted by Crippen LogP contribution is 2.51. The van der Waals surface area contributed by atoms with Crippen molar-refractivity contribution in [3.63, 3.8) is 0 Å². The molecule has 1 aliphatic rings. The highest BCUT2D eigenvalue weighted by molar-refractivity contribution is 6.48. The van der Waals surface area contributed by atoms with Gasteiger partial charge in [-0.05, 0) is 40.2 Å². The predicted molar refractivity (Wildman–Crippen MR) is 92.9 cm³/mol. The molecule has 22 heavy (non-hydrogen) atoms. The molecule has 0 heterocycles. The van der Waals surface area contributed by atoms with Crippen LogP contribution in [0.4, 0.5) is 0 Å². The molecule has 3 aromatic rings. The molecule has 0 aliphatic heterocycles. The van der Waals surface area contributed by atoms with Gasteiger partial charge in [-0.2, -0.15) is 0 Å². The van der Waals surface area contributed by atoms with Crippen molar-refractivity contribution in [2.24, 2.45) is 0 Å². The average Bonchev–Trinajstić information content (AvgIpc) is 2.87. The lowest BCUT2D eigenvalue weighted by molar-refractivity contribution is 0.615. The van der Waals surface area contributed by atoms with Gasteiger partial charge in [-0.1, -0.05) is 72.8 Å². The normalized spacial score (nSPS) is 18.6. The molecular weight excluding hydrogens is 267 g/mol. The summed E-state index contributed by atoms with van der Waals surface area (Å²) in [6.45, 7) is 2.29. The first-order valence-corrected chi connectivity index (χ1v) is 7.65. The zero-order chi connectivity index (χ0) is 15.2. The molecule has 3 aromatic carbocycles. The topological polar surface area (TPSA) is 20.2 Å². The van der Waals surface area contributed by atoms with Crippen LogP contribution in [0.5, 0.6) is 0 Å².